The second-order valence-electron chi connectivity index (χ2n) is 5.10. The Morgan fingerprint density at radius 3 is 2.57 bits per heavy atom. The molecule has 0 spiro atoms. The lowest BCUT2D eigenvalue weighted by atomic mass is 10.2. The third kappa shape index (κ3) is 3.91. The van der Waals surface area contributed by atoms with Gasteiger partial charge in [-0.05, 0) is 18.1 Å². The summed E-state index contributed by atoms with van der Waals surface area (Å²) in [6.07, 6.45) is 2.86. The van der Waals surface area contributed by atoms with Gasteiger partial charge in [-0.1, -0.05) is 32.0 Å². The van der Waals surface area contributed by atoms with Crippen molar-refractivity contribution in [1.29, 1.82) is 0 Å². The number of carbonyl (C=O) groups is 1. The van der Waals surface area contributed by atoms with Crippen LogP contribution in [0.3, 0.4) is 0 Å². The number of nitrogens with one attached hydrogen (secondary N) is 1. The Labute approximate surface area is 123 Å². The standard InChI is InChI=1S/C14H17N3O3S/c1-11(2)8-17-9-13(15-10-17)21(19,20)16-14(18)12-6-4-3-5-7-12/h3-7,9-11H,8H2,1-2H3,(H,16,18). The predicted octanol–water partition coefficient (Wildman–Crippen LogP) is 1.66. The summed E-state index contributed by atoms with van der Waals surface area (Å²) in [7, 11) is -3.95. The first-order valence-electron chi connectivity index (χ1n) is 6.52. The first kappa shape index (κ1) is 15.2. The molecule has 21 heavy (non-hydrogen) atoms. The second-order valence-corrected chi connectivity index (χ2v) is 6.73. The molecule has 0 unspecified atom stereocenters. The highest BCUT2D eigenvalue weighted by atomic mass is 32.2. The lowest BCUT2D eigenvalue weighted by Gasteiger charge is -2.05. The van der Waals surface area contributed by atoms with Crippen molar-refractivity contribution < 1.29 is 13.2 Å². The van der Waals surface area contributed by atoms with Crippen LogP contribution in [0.4, 0.5) is 0 Å². The highest BCUT2D eigenvalue weighted by Gasteiger charge is 2.21. The van der Waals surface area contributed by atoms with Crippen LogP contribution in [0.25, 0.3) is 0 Å². The number of benzene rings is 1. The SMILES string of the molecule is CC(C)Cn1cnc(S(=O)(=O)NC(=O)c2ccccc2)c1. The van der Waals surface area contributed by atoms with Crippen LogP contribution < -0.4 is 4.72 Å². The molecule has 7 heteroatoms. The third-order valence-electron chi connectivity index (χ3n) is 2.72. The van der Waals surface area contributed by atoms with Crippen LogP contribution in [0.15, 0.2) is 47.9 Å². The van der Waals surface area contributed by atoms with Gasteiger partial charge in [0, 0.05) is 18.3 Å². The molecule has 1 heterocycles. The molecule has 112 valence electrons. The van der Waals surface area contributed by atoms with E-state index >= 15 is 0 Å². The van der Waals surface area contributed by atoms with Crippen molar-refractivity contribution in [2.75, 3.05) is 0 Å². The number of hydrogen-bond acceptors (Lipinski definition) is 4. The highest BCUT2D eigenvalue weighted by Crippen LogP contribution is 2.08. The van der Waals surface area contributed by atoms with Crippen molar-refractivity contribution in [3.8, 4) is 0 Å². The fourth-order valence-electron chi connectivity index (χ4n) is 1.82. The molecule has 1 aromatic heterocycles. The number of aromatic nitrogens is 2. The summed E-state index contributed by atoms with van der Waals surface area (Å²) in [6.45, 7) is 4.70. The largest absolute Gasteiger partial charge is 0.336 e. The lowest BCUT2D eigenvalue weighted by molar-refractivity contribution is 0.0981. The van der Waals surface area contributed by atoms with E-state index in [1.807, 2.05) is 18.6 Å². The van der Waals surface area contributed by atoms with Gasteiger partial charge in [0.1, 0.15) is 0 Å². The Morgan fingerprint density at radius 1 is 1.29 bits per heavy atom. The topological polar surface area (TPSA) is 81.1 Å². The van der Waals surface area contributed by atoms with Gasteiger partial charge in [-0.15, -0.1) is 0 Å². The van der Waals surface area contributed by atoms with Gasteiger partial charge in [-0.3, -0.25) is 4.79 Å². The first-order chi connectivity index (χ1) is 9.88. The second kappa shape index (κ2) is 6.09. The minimum Gasteiger partial charge on any atom is -0.336 e. The molecule has 0 saturated carbocycles. The zero-order valence-electron chi connectivity index (χ0n) is 11.9. The van der Waals surface area contributed by atoms with Crippen LogP contribution in [-0.2, 0) is 16.6 Å². The number of carbonyl (C=O) groups excluding carboxylic acids is 1. The van der Waals surface area contributed by atoms with Crippen LogP contribution in [-0.4, -0.2) is 23.9 Å². The van der Waals surface area contributed by atoms with E-state index in [-0.39, 0.29) is 10.6 Å². The van der Waals surface area contributed by atoms with Gasteiger partial charge in [-0.25, -0.2) is 9.71 Å². The van der Waals surface area contributed by atoms with Gasteiger partial charge in [0.2, 0.25) is 0 Å². The Morgan fingerprint density at radius 2 is 1.95 bits per heavy atom. The number of nitrogens with zero attached hydrogens (tertiary/aromatic N) is 2. The molecule has 2 aromatic rings. The Balaban J connectivity index is 2.15. The zero-order valence-corrected chi connectivity index (χ0v) is 12.7. The van der Waals surface area contributed by atoms with Crippen LogP contribution >= 0.6 is 0 Å². The monoisotopic (exact) mass is 307 g/mol. The number of imidazole rings is 1. The van der Waals surface area contributed by atoms with E-state index < -0.39 is 15.9 Å². The molecular formula is C14H17N3O3S. The quantitative estimate of drug-likeness (QED) is 0.911. The summed E-state index contributed by atoms with van der Waals surface area (Å²) in [4.78, 5) is 15.7. The van der Waals surface area contributed by atoms with Crippen LogP contribution in [0.5, 0.6) is 0 Å². The van der Waals surface area contributed by atoms with Gasteiger partial charge in [0.05, 0.1) is 6.33 Å². The fraction of sp³-hybridized carbons (Fsp3) is 0.286. The fourth-order valence-corrected chi connectivity index (χ4v) is 2.75. The summed E-state index contributed by atoms with van der Waals surface area (Å²) in [6, 6.07) is 8.17. The average molecular weight is 307 g/mol. The number of sulfonamides is 1. The number of hydrogen-bond donors (Lipinski definition) is 1. The molecule has 0 saturated heterocycles. The van der Waals surface area contributed by atoms with Gasteiger partial charge < -0.3 is 4.57 Å². The summed E-state index contributed by atoms with van der Waals surface area (Å²) >= 11 is 0. The maximum Gasteiger partial charge on any atom is 0.283 e. The van der Waals surface area contributed by atoms with E-state index in [2.05, 4.69) is 4.98 Å². The highest BCUT2D eigenvalue weighted by molar-refractivity contribution is 7.90. The summed E-state index contributed by atoms with van der Waals surface area (Å²) in [5, 5.41) is -0.160. The zero-order chi connectivity index (χ0) is 15.5. The maximum atomic E-state index is 12.1. The Bertz CT molecular complexity index is 721. The van der Waals surface area contributed by atoms with E-state index in [1.54, 1.807) is 34.9 Å². The van der Waals surface area contributed by atoms with Crippen molar-refractivity contribution >= 4 is 15.9 Å². The van der Waals surface area contributed by atoms with E-state index in [0.717, 1.165) is 0 Å². The molecule has 1 amide bonds. The molecule has 0 aliphatic heterocycles. The van der Waals surface area contributed by atoms with Gasteiger partial charge in [0.25, 0.3) is 15.9 Å². The van der Waals surface area contributed by atoms with Gasteiger partial charge >= 0.3 is 0 Å². The smallest absolute Gasteiger partial charge is 0.283 e. The molecule has 1 N–H and O–H groups in total. The van der Waals surface area contributed by atoms with Crippen LogP contribution in [0, 0.1) is 5.92 Å². The maximum absolute atomic E-state index is 12.1. The van der Waals surface area contributed by atoms with Crippen molar-refractivity contribution in [3.05, 3.63) is 48.4 Å². The van der Waals surface area contributed by atoms with Crippen molar-refractivity contribution in [3.63, 3.8) is 0 Å². The molecule has 0 aliphatic rings. The number of rotatable bonds is 5. The molecule has 0 aliphatic carbocycles. The molecule has 0 bridgehead atoms. The van der Waals surface area contributed by atoms with Crippen molar-refractivity contribution in [2.24, 2.45) is 5.92 Å². The summed E-state index contributed by atoms with van der Waals surface area (Å²) in [5.74, 6) is -0.303. The molecule has 1 aromatic carbocycles. The average Bonchev–Trinajstić information content (AvgIpc) is 2.88. The molecular weight excluding hydrogens is 290 g/mol. The van der Waals surface area contributed by atoms with Gasteiger partial charge in [0.15, 0.2) is 5.03 Å². The normalized spacial score (nSPS) is 11.6. The van der Waals surface area contributed by atoms with E-state index in [9.17, 15) is 13.2 Å². The number of amides is 1. The van der Waals surface area contributed by atoms with Gasteiger partial charge in [-0.2, -0.15) is 8.42 Å². The molecule has 0 fully saturated rings. The molecule has 2 rings (SSSR count). The molecule has 0 radical (unpaired) electrons. The van der Waals surface area contributed by atoms with E-state index in [1.165, 1.54) is 12.5 Å². The third-order valence-corrected chi connectivity index (χ3v) is 3.94. The summed E-state index contributed by atoms with van der Waals surface area (Å²) < 4.78 is 27.9. The minimum absolute atomic E-state index is 0.160. The van der Waals surface area contributed by atoms with Crippen molar-refractivity contribution in [1.82, 2.24) is 14.3 Å². The summed E-state index contributed by atoms with van der Waals surface area (Å²) in [5.41, 5.74) is 0.280. The first-order valence-corrected chi connectivity index (χ1v) is 8.01. The van der Waals surface area contributed by atoms with Crippen molar-refractivity contribution in [2.45, 2.75) is 25.4 Å². The predicted molar refractivity (Wildman–Crippen MR) is 78.2 cm³/mol. The van der Waals surface area contributed by atoms with Crippen LogP contribution in [0.1, 0.15) is 24.2 Å². The lowest BCUT2D eigenvalue weighted by Crippen LogP contribution is -2.30. The minimum atomic E-state index is -3.95. The molecule has 0 atom stereocenters. The van der Waals surface area contributed by atoms with Crippen LogP contribution in [0.2, 0.25) is 0 Å². The molecule has 6 nitrogen and oxygen atoms in total. The Kier molecular flexibility index (Phi) is 4.42. The van der Waals surface area contributed by atoms with E-state index in [4.69, 9.17) is 0 Å². The van der Waals surface area contributed by atoms with E-state index in [0.29, 0.717) is 12.5 Å². The Hall–Kier alpha value is -2.15.